The lowest BCUT2D eigenvalue weighted by atomic mass is 9.93. The number of halogens is 1. The van der Waals surface area contributed by atoms with Crippen LogP contribution in [0.2, 0.25) is 0 Å². The van der Waals surface area contributed by atoms with Gasteiger partial charge in [0.2, 0.25) is 0 Å². The van der Waals surface area contributed by atoms with E-state index in [1.807, 2.05) is 12.1 Å². The van der Waals surface area contributed by atoms with Gasteiger partial charge in [-0.1, -0.05) is 27.7 Å². The van der Waals surface area contributed by atoms with Gasteiger partial charge >= 0.3 is 0 Å². The first kappa shape index (κ1) is 14.1. The predicted octanol–water partition coefficient (Wildman–Crippen LogP) is 3.64. The second-order valence-electron chi connectivity index (χ2n) is 4.36. The van der Waals surface area contributed by atoms with E-state index in [2.05, 4.69) is 27.7 Å². The molecule has 0 saturated carbocycles. The van der Waals surface area contributed by atoms with E-state index in [0.29, 0.717) is 17.6 Å². The van der Waals surface area contributed by atoms with Gasteiger partial charge in [0.1, 0.15) is 5.75 Å². The normalized spacial score (nSPS) is 10.5. The monoisotopic (exact) mass is 229 g/mol. The maximum absolute atomic E-state index is 10.00. The van der Waals surface area contributed by atoms with Gasteiger partial charge in [-0.2, -0.15) is 0 Å². The molecular weight excluding hydrogens is 210 g/mol. The Hall–Kier alpha value is -0.890. The molecule has 0 heterocycles. The molecule has 0 amide bonds. The van der Waals surface area contributed by atoms with Crippen molar-refractivity contribution in [2.75, 3.05) is 5.73 Å². The maximum Gasteiger partial charge on any atom is 0.122 e. The molecule has 0 aliphatic rings. The lowest BCUT2D eigenvalue weighted by Crippen LogP contribution is -1.98. The molecule has 1 aromatic carbocycles. The molecule has 0 aromatic heterocycles. The molecule has 0 unspecified atom stereocenters. The second kappa shape index (κ2) is 5.26. The van der Waals surface area contributed by atoms with Crippen molar-refractivity contribution in [1.29, 1.82) is 0 Å². The maximum atomic E-state index is 10.00. The van der Waals surface area contributed by atoms with Crippen molar-refractivity contribution >= 4 is 18.1 Å². The van der Waals surface area contributed by atoms with Crippen molar-refractivity contribution in [2.24, 2.45) is 0 Å². The fraction of sp³-hybridized carbons (Fsp3) is 0.500. The molecule has 0 aliphatic heterocycles. The topological polar surface area (TPSA) is 46.2 Å². The van der Waals surface area contributed by atoms with Crippen LogP contribution in [0.4, 0.5) is 5.69 Å². The molecule has 1 aromatic rings. The van der Waals surface area contributed by atoms with Gasteiger partial charge in [-0.15, -0.1) is 12.4 Å². The number of nitrogen functional groups attached to an aromatic ring is 1. The highest BCUT2D eigenvalue weighted by Gasteiger charge is 2.13. The Kier molecular flexibility index (Phi) is 4.95. The summed E-state index contributed by atoms with van der Waals surface area (Å²) < 4.78 is 0. The second-order valence-corrected chi connectivity index (χ2v) is 4.36. The molecule has 0 saturated heterocycles. The Labute approximate surface area is 97.9 Å². The first-order valence-electron chi connectivity index (χ1n) is 5.05. The van der Waals surface area contributed by atoms with Crippen molar-refractivity contribution in [2.45, 2.75) is 39.5 Å². The van der Waals surface area contributed by atoms with Gasteiger partial charge in [0, 0.05) is 5.69 Å². The number of rotatable bonds is 2. The molecule has 1 rings (SSSR count). The Morgan fingerprint density at radius 1 is 1.00 bits per heavy atom. The Morgan fingerprint density at radius 2 is 1.33 bits per heavy atom. The van der Waals surface area contributed by atoms with Gasteiger partial charge in [0.05, 0.1) is 0 Å². The van der Waals surface area contributed by atoms with Gasteiger partial charge in [-0.3, -0.25) is 0 Å². The number of nitrogens with two attached hydrogens (primary N) is 1. The third kappa shape index (κ3) is 3.03. The molecule has 0 atom stereocenters. The van der Waals surface area contributed by atoms with E-state index in [4.69, 9.17) is 5.73 Å². The minimum absolute atomic E-state index is 0. The number of hydrogen-bond acceptors (Lipinski definition) is 2. The number of benzene rings is 1. The molecule has 0 fully saturated rings. The van der Waals surface area contributed by atoms with Gasteiger partial charge in [0.15, 0.2) is 0 Å². The average Bonchev–Trinajstić information content (AvgIpc) is 2.07. The molecule has 3 heteroatoms. The Bertz CT molecular complexity index is 305. The van der Waals surface area contributed by atoms with Crippen LogP contribution in [-0.2, 0) is 0 Å². The van der Waals surface area contributed by atoms with Crippen LogP contribution in [0.3, 0.4) is 0 Å². The van der Waals surface area contributed by atoms with E-state index in [9.17, 15) is 5.11 Å². The highest BCUT2D eigenvalue weighted by atomic mass is 35.5. The van der Waals surface area contributed by atoms with Gasteiger partial charge in [-0.05, 0) is 35.1 Å². The zero-order chi connectivity index (χ0) is 10.9. The number of hydrogen-bond donors (Lipinski definition) is 2. The minimum atomic E-state index is 0. The van der Waals surface area contributed by atoms with E-state index in [-0.39, 0.29) is 12.4 Å². The van der Waals surface area contributed by atoms with E-state index in [0.717, 1.165) is 16.8 Å². The van der Waals surface area contributed by atoms with Gasteiger partial charge in [-0.25, -0.2) is 0 Å². The fourth-order valence-corrected chi connectivity index (χ4v) is 1.58. The average molecular weight is 230 g/mol. The first-order chi connectivity index (χ1) is 6.43. The molecule has 0 aliphatic carbocycles. The summed E-state index contributed by atoms with van der Waals surface area (Å²) in [5.41, 5.74) is 8.40. The lowest BCUT2D eigenvalue weighted by Gasteiger charge is -2.15. The highest BCUT2D eigenvalue weighted by Crippen LogP contribution is 2.35. The van der Waals surface area contributed by atoms with Crippen LogP contribution in [0.25, 0.3) is 0 Å². The molecule has 15 heavy (non-hydrogen) atoms. The summed E-state index contributed by atoms with van der Waals surface area (Å²) in [6.07, 6.45) is 0. The van der Waals surface area contributed by atoms with E-state index < -0.39 is 0 Å². The summed E-state index contributed by atoms with van der Waals surface area (Å²) in [6, 6.07) is 3.71. The molecule has 0 spiro atoms. The largest absolute Gasteiger partial charge is 0.507 e. The van der Waals surface area contributed by atoms with Crippen molar-refractivity contribution in [1.82, 2.24) is 0 Å². The lowest BCUT2D eigenvalue weighted by molar-refractivity contribution is 0.454. The predicted molar refractivity (Wildman–Crippen MR) is 67.9 cm³/mol. The summed E-state index contributed by atoms with van der Waals surface area (Å²) >= 11 is 0. The molecule has 0 radical (unpaired) electrons. The van der Waals surface area contributed by atoms with Crippen LogP contribution in [0.1, 0.15) is 50.7 Å². The summed E-state index contributed by atoms with van der Waals surface area (Å²) in [6.45, 7) is 8.22. The van der Waals surface area contributed by atoms with Crippen LogP contribution >= 0.6 is 12.4 Å². The van der Waals surface area contributed by atoms with Crippen molar-refractivity contribution in [3.8, 4) is 5.75 Å². The van der Waals surface area contributed by atoms with Crippen LogP contribution in [-0.4, -0.2) is 5.11 Å². The van der Waals surface area contributed by atoms with Crippen molar-refractivity contribution in [3.05, 3.63) is 23.3 Å². The standard InChI is InChI=1S/C12H19NO.ClH/c1-7(2)10-5-9(13)6-11(8(3)4)12(10)14;/h5-8,14H,13H2,1-4H3;1H. The summed E-state index contributed by atoms with van der Waals surface area (Å²) in [5.74, 6) is 1.01. The quantitative estimate of drug-likeness (QED) is 0.601. The summed E-state index contributed by atoms with van der Waals surface area (Å²) in [5, 5.41) is 10.00. The van der Waals surface area contributed by atoms with E-state index in [1.54, 1.807) is 0 Å². The Balaban J connectivity index is 0.00000196. The number of phenols is 1. The smallest absolute Gasteiger partial charge is 0.122 e. The first-order valence-corrected chi connectivity index (χ1v) is 5.05. The van der Waals surface area contributed by atoms with Gasteiger partial charge < -0.3 is 10.8 Å². The zero-order valence-electron chi connectivity index (χ0n) is 9.74. The fourth-order valence-electron chi connectivity index (χ4n) is 1.58. The number of phenolic OH excluding ortho intramolecular Hbond substituents is 1. The minimum Gasteiger partial charge on any atom is -0.507 e. The molecule has 0 bridgehead atoms. The summed E-state index contributed by atoms with van der Waals surface area (Å²) in [4.78, 5) is 0. The van der Waals surface area contributed by atoms with Crippen LogP contribution in [0, 0.1) is 0 Å². The van der Waals surface area contributed by atoms with Crippen LogP contribution in [0.5, 0.6) is 5.75 Å². The Morgan fingerprint density at radius 3 is 1.60 bits per heavy atom. The zero-order valence-corrected chi connectivity index (χ0v) is 10.6. The molecule has 86 valence electrons. The highest BCUT2D eigenvalue weighted by molar-refractivity contribution is 5.85. The third-order valence-electron chi connectivity index (χ3n) is 2.44. The number of anilines is 1. The molecular formula is C12H20ClNO. The molecule has 3 N–H and O–H groups in total. The molecule has 2 nitrogen and oxygen atoms in total. The van der Waals surface area contributed by atoms with Gasteiger partial charge in [0.25, 0.3) is 0 Å². The van der Waals surface area contributed by atoms with Crippen LogP contribution in [0.15, 0.2) is 12.1 Å². The third-order valence-corrected chi connectivity index (χ3v) is 2.44. The van der Waals surface area contributed by atoms with E-state index in [1.165, 1.54) is 0 Å². The summed E-state index contributed by atoms with van der Waals surface area (Å²) in [7, 11) is 0. The van der Waals surface area contributed by atoms with Crippen molar-refractivity contribution in [3.63, 3.8) is 0 Å². The van der Waals surface area contributed by atoms with Crippen molar-refractivity contribution < 1.29 is 5.11 Å². The number of aromatic hydroxyl groups is 1. The van der Waals surface area contributed by atoms with E-state index >= 15 is 0 Å². The SMILES string of the molecule is CC(C)c1cc(N)cc(C(C)C)c1O.Cl. The van der Waals surface area contributed by atoms with Crippen LogP contribution < -0.4 is 5.73 Å².